The fraction of sp³-hybridized carbons (Fsp3) is 0.450. The van der Waals surface area contributed by atoms with Gasteiger partial charge in [0.15, 0.2) is 11.0 Å². The van der Waals surface area contributed by atoms with Crippen LogP contribution in [-0.2, 0) is 9.59 Å². The van der Waals surface area contributed by atoms with E-state index in [2.05, 4.69) is 15.3 Å². The fourth-order valence-corrected chi connectivity index (χ4v) is 4.54. The van der Waals surface area contributed by atoms with Crippen LogP contribution < -0.4 is 16.8 Å². The molecule has 32 heavy (non-hydrogen) atoms. The number of guanidine groups is 1. The van der Waals surface area contributed by atoms with E-state index in [9.17, 15) is 19.5 Å². The molecule has 2 heterocycles. The first-order valence-electron chi connectivity index (χ1n) is 9.97. The van der Waals surface area contributed by atoms with Crippen molar-refractivity contribution in [2.24, 2.45) is 16.5 Å². The number of fused-ring (bicyclic) bond motifs is 1. The first-order chi connectivity index (χ1) is 14.8. The molecule has 3 rings (SSSR count). The Morgan fingerprint density at radius 3 is 2.72 bits per heavy atom. The number of aliphatic hydroxyl groups excluding tert-OH is 1. The van der Waals surface area contributed by atoms with Crippen LogP contribution in [0.15, 0.2) is 29.3 Å². The molecule has 0 radical (unpaired) electrons. The number of Topliss-reactive ketones (excluding diaryl/α,β-unsaturated/α-hetero) is 1. The molecule has 12 heteroatoms. The number of carbonyl (C=O) groups excluding carboxylic acids is 3. The normalized spacial score (nSPS) is 18.6. The summed E-state index contributed by atoms with van der Waals surface area (Å²) in [5.74, 6) is -1.14. The highest BCUT2D eigenvalue weighted by molar-refractivity contribution is 7.20. The lowest BCUT2D eigenvalue weighted by atomic mass is 10.1. The number of rotatable bonds is 8. The molecule has 1 aliphatic heterocycles. The largest absolute Gasteiger partial charge is 0.391 e. The second-order valence-electron chi connectivity index (χ2n) is 7.44. The van der Waals surface area contributed by atoms with Crippen molar-refractivity contribution >= 4 is 57.5 Å². The average Bonchev–Trinajstić information content (AvgIpc) is 3.33. The van der Waals surface area contributed by atoms with Crippen LogP contribution in [0.25, 0.3) is 10.2 Å². The smallest absolute Gasteiger partial charge is 0.243 e. The second kappa shape index (κ2) is 11.2. The second-order valence-corrected chi connectivity index (χ2v) is 8.47. The third kappa shape index (κ3) is 6.15. The van der Waals surface area contributed by atoms with Gasteiger partial charge in [0.25, 0.3) is 0 Å². The molecule has 1 aliphatic rings. The molecule has 2 aromatic rings. The van der Waals surface area contributed by atoms with Crippen LogP contribution in [0, 0.1) is 0 Å². The Balaban J connectivity index is 0.00000363. The summed E-state index contributed by atoms with van der Waals surface area (Å²) in [7, 11) is 0. The third-order valence-electron chi connectivity index (χ3n) is 5.07. The number of para-hydroxylation sites is 1. The molecule has 1 fully saturated rings. The molecule has 1 unspecified atom stereocenters. The SMILES string of the molecule is CC(=O)N1C[C@H](O)C[C@H]1C(=O)NC(CCCN=C(N)N)C(=O)c1nc2ccccc2s1.Cl. The van der Waals surface area contributed by atoms with E-state index < -0.39 is 24.1 Å². The summed E-state index contributed by atoms with van der Waals surface area (Å²) in [6.07, 6.45) is 0.108. The Bertz CT molecular complexity index is 976. The van der Waals surface area contributed by atoms with Crippen molar-refractivity contribution in [3.8, 4) is 0 Å². The van der Waals surface area contributed by atoms with Gasteiger partial charge in [-0.3, -0.25) is 19.4 Å². The number of ketones is 1. The number of nitrogens with two attached hydrogens (primary N) is 2. The van der Waals surface area contributed by atoms with Crippen LogP contribution >= 0.6 is 23.7 Å². The number of hydrogen-bond acceptors (Lipinski definition) is 7. The van der Waals surface area contributed by atoms with Crippen molar-refractivity contribution in [1.82, 2.24) is 15.2 Å². The van der Waals surface area contributed by atoms with Gasteiger partial charge in [-0.1, -0.05) is 12.1 Å². The maximum Gasteiger partial charge on any atom is 0.243 e. The predicted molar refractivity (Wildman–Crippen MR) is 125 cm³/mol. The molecule has 0 aliphatic carbocycles. The number of amides is 2. The number of β-amino-alcohol motifs (C(OH)–C–C–N with tert-alkyl or cyclic N) is 1. The number of carbonyl (C=O) groups is 3. The molecule has 2 amide bonds. The highest BCUT2D eigenvalue weighted by atomic mass is 35.5. The zero-order valence-electron chi connectivity index (χ0n) is 17.6. The highest BCUT2D eigenvalue weighted by Crippen LogP contribution is 2.24. The van der Waals surface area contributed by atoms with Crippen LogP contribution in [-0.4, -0.2) is 69.8 Å². The van der Waals surface area contributed by atoms with Gasteiger partial charge in [0.05, 0.1) is 22.4 Å². The number of nitrogens with one attached hydrogen (secondary N) is 1. The van der Waals surface area contributed by atoms with E-state index in [0.29, 0.717) is 29.9 Å². The molecule has 0 bridgehead atoms. The highest BCUT2D eigenvalue weighted by Gasteiger charge is 2.39. The summed E-state index contributed by atoms with van der Waals surface area (Å²) in [6, 6.07) is 5.72. The first-order valence-corrected chi connectivity index (χ1v) is 10.8. The Morgan fingerprint density at radius 1 is 1.34 bits per heavy atom. The Hall–Kier alpha value is -2.76. The lowest BCUT2D eigenvalue weighted by molar-refractivity contribution is -0.137. The van der Waals surface area contributed by atoms with Crippen LogP contribution in [0.4, 0.5) is 0 Å². The van der Waals surface area contributed by atoms with Crippen LogP contribution in [0.2, 0.25) is 0 Å². The molecule has 0 spiro atoms. The number of nitrogens with zero attached hydrogens (tertiary/aromatic N) is 3. The van der Waals surface area contributed by atoms with E-state index in [1.165, 1.54) is 23.2 Å². The summed E-state index contributed by atoms with van der Waals surface area (Å²) in [5.41, 5.74) is 11.4. The van der Waals surface area contributed by atoms with Crippen LogP contribution in [0.1, 0.15) is 36.0 Å². The van der Waals surface area contributed by atoms with Crippen molar-refractivity contribution in [3.05, 3.63) is 29.3 Å². The van der Waals surface area contributed by atoms with Gasteiger partial charge >= 0.3 is 0 Å². The first kappa shape index (κ1) is 25.5. The van der Waals surface area contributed by atoms with E-state index in [1.807, 2.05) is 24.3 Å². The van der Waals surface area contributed by atoms with E-state index in [0.717, 1.165) is 4.70 Å². The zero-order valence-corrected chi connectivity index (χ0v) is 19.2. The molecule has 10 nitrogen and oxygen atoms in total. The fourth-order valence-electron chi connectivity index (χ4n) is 3.58. The maximum absolute atomic E-state index is 13.2. The monoisotopic (exact) mass is 482 g/mol. The number of hydrogen-bond donors (Lipinski definition) is 4. The minimum absolute atomic E-state index is 0. The summed E-state index contributed by atoms with van der Waals surface area (Å²) in [5, 5.41) is 13.0. The number of thiazole rings is 1. The van der Waals surface area contributed by atoms with Gasteiger partial charge < -0.3 is 26.8 Å². The average molecular weight is 483 g/mol. The Labute approximate surface area is 195 Å². The molecule has 1 saturated heterocycles. The number of benzene rings is 1. The molecular formula is C20H27ClN6O4S. The van der Waals surface area contributed by atoms with Gasteiger partial charge in [-0.05, 0) is 25.0 Å². The van der Waals surface area contributed by atoms with Crippen LogP contribution in [0.5, 0.6) is 0 Å². The van der Waals surface area contributed by atoms with E-state index in [4.69, 9.17) is 11.5 Å². The Morgan fingerprint density at radius 2 is 2.06 bits per heavy atom. The molecule has 0 saturated carbocycles. The standard InChI is InChI=1S/C20H26N6O4S.ClH/c1-11(27)26-10-12(28)9-15(26)18(30)24-14(6-4-8-23-20(21)22)17(29)19-25-13-5-2-3-7-16(13)31-19;/h2-3,5,7,12,14-15,28H,4,6,8-10H2,1H3,(H,24,30)(H4,21,22,23);1H/t12-,14?,15+;/m1./s1. The zero-order chi connectivity index (χ0) is 22.5. The number of aromatic nitrogens is 1. The van der Waals surface area contributed by atoms with Gasteiger partial charge in [0.1, 0.15) is 6.04 Å². The lowest BCUT2D eigenvalue weighted by Crippen LogP contribution is -2.50. The molecule has 6 N–H and O–H groups in total. The van der Waals surface area contributed by atoms with Gasteiger partial charge in [0, 0.05) is 26.4 Å². The topological polar surface area (TPSA) is 164 Å². The summed E-state index contributed by atoms with van der Waals surface area (Å²) >= 11 is 1.26. The van der Waals surface area contributed by atoms with Gasteiger partial charge in [-0.2, -0.15) is 0 Å². The lowest BCUT2D eigenvalue weighted by Gasteiger charge is -2.24. The van der Waals surface area contributed by atoms with E-state index in [1.54, 1.807) is 0 Å². The van der Waals surface area contributed by atoms with E-state index >= 15 is 0 Å². The molecule has 1 aromatic heterocycles. The van der Waals surface area contributed by atoms with Crippen molar-refractivity contribution in [1.29, 1.82) is 0 Å². The van der Waals surface area contributed by atoms with Crippen molar-refractivity contribution < 1.29 is 19.5 Å². The number of aliphatic imine (C=N–C) groups is 1. The Kier molecular flexibility index (Phi) is 8.93. The summed E-state index contributed by atoms with van der Waals surface area (Å²) < 4.78 is 0.873. The van der Waals surface area contributed by atoms with Crippen LogP contribution in [0.3, 0.4) is 0 Å². The number of likely N-dealkylation sites (tertiary alicyclic amines) is 1. The summed E-state index contributed by atoms with van der Waals surface area (Å²) in [6.45, 7) is 1.75. The number of halogens is 1. The maximum atomic E-state index is 13.2. The van der Waals surface area contributed by atoms with E-state index in [-0.39, 0.29) is 43.0 Å². The minimum atomic E-state index is -0.853. The van der Waals surface area contributed by atoms with Crippen molar-refractivity contribution in [3.63, 3.8) is 0 Å². The molecule has 3 atom stereocenters. The molecule has 174 valence electrons. The quantitative estimate of drug-likeness (QED) is 0.183. The molecular weight excluding hydrogens is 456 g/mol. The van der Waals surface area contributed by atoms with Gasteiger partial charge in [-0.25, -0.2) is 4.98 Å². The van der Waals surface area contributed by atoms with Gasteiger partial charge in [0.2, 0.25) is 17.6 Å². The number of aliphatic hydroxyl groups is 1. The minimum Gasteiger partial charge on any atom is -0.391 e. The predicted octanol–water partition coefficient (Wildman–Crippen LogP) is 0.421. The van der Waals surface area contributed by atoms with Crippen molar-refractivity contribution in [2.75, 3.05) is 13.1 Å². The molecule has 1 aromatic carbocycles. The van der Waals surface area contributed by atoms with Crippen molar-refractivity contribution in [2.45, 2.75) is 44.4 Å². The third-order valence-corrected chi connectivity index (χ3v) is 6.12. The summed E-state index contributed by atoms with van der Waals surface area (Å²) in [4.78, 5) is 47.6. The van der Waals surface area contributed by atoms with Gasteiger partial charge in [-0.15, -0.1) is 23.7 Å².